The van der Waals surface area contributed by atoms with Gasteiger partial charge in [-0.2, -0.15) is 0 Å². The molecule has 0 amide bonds. The lowest BCUT2D eigenvalue weighted by molar-refractivity contribution is 1.08. The summed E-state index contributed by atoms with van der Waals surface area (Å²) in [4.78, 5) is 14.9. The first-order chi connectivity index (χ1) is 24.3. The molecule has 10 aromatic rings. The van der Waals surface area contributed by atoms with E-state index in [-0.39, 0.29) is 0 Å². The van der Waals surface area contributed by atoms with Crippen LogP contribution in [-0.4, -0.2) is 15.0 Å². The quantitative estimate of drug-likeness (QED) is 0.180. The highest BCUT2D eigenvalue weighted by Gasteiger charge is 2.16. The molecule has 8 aromatic carbocycles. The highest BCUT2D eigenvalue weighted by molar-refractivity contribution is 7.26. The van der Waals surface area contributed by atoms with E-state index in [2.05, 4.69) is 103 Å². The number of aromatic nitrogens is 3. The average molecular weight is 642 g/mol. The molecule has 0 aliphatic rings. The Balaban J connectivity index is 1.13. The standard InChI is InChI=1S/C45H27N3S/c1-3-10-30(11-4-1)43-46-44(31-12-5-2-6-13-31)48-45(47-43)38-16-9-14-34-26-32(23-24-35(34)38)33-21-19-28-18-20-29-22-25-37-36-15-7-8-17-40(36)49-42(37)41(29)39(28)27-33/h1-27H. The first-order valence-electron chi connectivity index (χ1n) is 16.4. The van der Waals surface area contributed by atoms with Crippen LogP contribution < -0.4 is 0 Å². The van der Waals surface area contributed by atoms with Gasteiger partial charge in [-0.3, -0.25) is 0 Å². The first-order valence-corrected chi connectivity index (χ1v) is 17.3. The Hall–Kier alpha value is -6.23. The highest BCUT2D eigenvalue weighted by Crippen LogP contribution is 2.42. The van der Waals surface area contributed by atoms with Crippen molar-refractivity contribution in [3.63, 3.8) is 0 Å². The van der Waals surface area contributed by atoms with Crippen LogP contribution in [0.1, 0.15) is 0 Å². The van der Waals surface area contributed by atoms with Crippen molar-refractivity contribution in [3.05, 3.63) is 164 Å². The summed E-state index contributed by atoms with van der Waals surface area (Å²) in [7, 11) is 0. The van der Waals surface area contributed by atoms with Crippen LogP contribution in [0.25, 0.3) is 97.8 Å². The summed E-state index contributed by atoms with van der Waals surface area (Å²) in [5.41, 5.74) is 5.28. The first kappa shape index (κ1) is 27.8. The molecule has 0 N–H and O–H groups in total. The van der Waals surface area contributed by atoms with Gasteiger partial charge in [0.1, 0.15) is 0 Å². The van der Waals surface area contributed by atoms with Crippen molar-refractivity contribution >= 4 is 63.8 Å². The van der Waals surface area contributed by atoms with Crippen LogP contribution in [0.2, 0.25) is 0 Å². The number of nitrogens with zero attached hydrogens (tertiary/aromatic N) is 3. The van der Waals surface area contributed by atoms with Crippen LogP contribution in [0, 0.1) is 0 Å². The van der Waals surface area contributed by atoms with E-state index in [1.165, 1.54) is 52.8 Å². The van der Waals surface area contributed by atoms with E-state index in [1.807, 2.05) is 72.0 Å². The summed E-state index contributed by atoms with van der Waals surface area (Å²) < 4.78 is 2.68. The third kappa shape index (κ3) is 4.68. The van der Waals surface area contributed by atoms with Crippen molar-refractivity contribution in [2.45, 2.75) is 0 Å². The summed E-state index contributed by atoms with van der Waals surface area (Å²) >= 11 is 1.89. The van der Waals surface area contributed by atoms with Crippen molar-refractivity contribution in [1.29, 1.82) is 0 Å². The van der Waals surface area contributed by atoms with Gasteiger partial charge in [0.2, 0.25) is 0 Å². The number of hydrogen-bond acceptors (Lipinski definition) is 4. The zero-order valence-electron chi connectivity index (χ0n) is 26.3. The lowest BCUT2D eigenvalue weighted by Crippen LogP contribution is -2.00. The Morgan fingerprint density at radius 3 is 1.76 bits per heavy atom. The van der Waals surface area contributed by atoms with E-state index < -0.39 is 0 Å². The molecule has 0 radical (unpaired) electrons. The molecule has 228 valence electrons. The predicted octanol–water partition coefficient (Wildman–Crippen LogP) is 12.4. The molecule has 0 fully saturated rings. The molecule has 2 aromatic heterocycles. The van der Waals surface area contributed by atoms with Gasteiger partial charge >= 0.3 is 0 Å². The molecule has 0 unspecified atom stereocenters. The summed E-state index contributed by atoms with van der Waals surface area (Å²) in [6.45, 7) is 0. The van der Waals surface area contributed by atoms with Gasteiger partial charge in [-0.05, 0) is 56.3 Å². The van der Waals surface area contributed by atoms with Crippen molar-refractivity contribution < 1.29 is 0 Å². The Morgan fingerprint density at radius 2 is 0.959 bits per heavy atom. The number of thiophene rings is 1. The zero-order chi connectivity index (χ0) is 32.3. The third-order valence-corrected chi connectivity index (χ3v) is 10.7. The molecule has 10 rings (SSSR count). The van der Waals surface area contributed by atoms with E-state index in [0.717, 1.165) is 27.5 Å². The lowest BCUT2D eigenvalue weighted by atomic mass is 9.94. The lowest BCUT2D eigenvalue weighted by Gasteiger charge is -2.12. The third-order valence-electron chi connectivity index (χ3n) is 9.50. The summed E-state index contributed by atoms with van der Waals surface area (Å²) in [5, 5.41) is 10.0. The van der Waals surface area contributed by atoms with Gasteiger partial charge in [-0.25, -0.2) is 15.0 Å². The second kappa shape index (κ2) is 11.2. The van der Waals surface area contributed by atoms with E-state index in [1.54, 1.807) is 0 Å². The number of fused-ring (bicyclic) bond motifs is 8. The molecule has 0 atom stereocenters. The Morgan fingerprint density at radius 1 is 0.347 bits per heavy atom. The van der Waals surface area contributed by atoms with Crippen LogP contribution in [0.15, 0.2) is 164 Å². The molecule has 49 heavy (non-hydrogen) atoms. The Labute approximate surface area is 286 Å². The van der Waals surface area contributed by atoms with Gasteiger partial charge in [-0.15, -0.1) is 11.3 Å². The maximum atomic E-state index is 5.01. The number of benzene rings is 8. The highest BCUT2D eigenvalue weighted by atomic mass is 32.1. The van der Waals surface area contributed by atoms with Crippen molar-refractivity contribution in [3.8, 4) is 45.3 Å². The van der Waals surface area contributed by atoms with E-state index in [0.29, 0.717) is 17.5 Å². The molecular formula is C45H27N3S. The second-order valence-corrected chi connectivity index (χ2v) is 13.5. The average Bonchev–Trinajstić information content (AvgIpc) is 3.56. The van der Waals surface area contributed by atoms with Crippen molar-refractivity contribution in [1.82, 2.24) is 15.0 Å². The normalized spacial score (nSPS) is 11.7. The van der Waals surface area contributed by atoms with Gasteiger partial charge < -0.3 is 0 Å². The maximum absolute atomic E-state index is 5.01. The fourth-order valence-corrected chi connectivity index (χ4v) is 8.36. The van der Waals surface area contributed by atoms with Gasteiger partial charge in [0, 0.05) is 42.2 Å². The molecule has 0 saturated heterocycles. The monoisotopic (exact) mass is 641 g/mol. The second-order valence-electron chi connectivity index (χ2n) is 12.4. The smallest absolute Gasteiger partial charge is 0.164 e. The predicted molar refractivity (Wildman–Crippen MR) is 207 cm³/mol. The molecule has 0 aliphatic heterocycles. The molecule has 0 spiro atoms. The summed E-state index contributed by atoms with van der Waals surface area (Å²) in [6, 6.07) is 58.0. The van der Waals surface area contributed by atoms with Crippen molar-refractivity contribution in [2.75, 3.05) is 0 Å². The van der Waals surface area contributed by atoms with Crippen LogP contribution in [-0.2, 0) is 0 Å². The van der Waals surface area contributed by atoms with Gasteiger partial charge in [-0.1, -0.05) is 146 Å². The summed E-state index contributed by atoms with van der Waals surface area (Å²) in [5.74, 6) is 1.99. The van der Waals surface area contributed by atoms with Gasteiger partial charge in [0.15, 0.2) is 17.5 Å². The van der Waals surface area contributed by atoms with Crippen LogP contribution in [0.5, 0.6) is 0 Å². The van der Waals surface area contributed by atoms with Gasteiger partial charge in [0.25, 0.3) is 0 Å². The van der Waals surface area contributed by atoms with E-state index in [4.69, 9.17) is 15.0 Å². The van der Waals surface area contributed by atoms with E-state index in [9.17, 15) is 0 Å². The van der Waals surface area contributed by atoms with Crippen LogP contribution >= 0.6 is 11.3 Å². The molecule has 3 nitrogen and oxygen atoms in total. The van der Waals surface area contributed by atoms with Gasteiger partial charge in [0.05, 0.1) is 0 Å². The Bertz CT molecular complexity index is 2820. The number of rotatable bonds is 4. The fourth-order valence-electron chi connectivity index (χ4n) is 7.09. The molecule has 4 heteroatoms. The van der Waals surface area contributed by atoms with E-state index >= 15 is 0 Å². The maximum Gasteiger partial charge on any atom is 0.164 e. The number of hydrogen-bond donors (Lipinski definition) is 0. The molecule has 0 saturated carbocycles. The molecular weight excluding hydrogens is 615 g/mol. The topological polar surface area (TPSA) is 38.7 Å². The molecule has 0 aliphatic carbocycles. The SMILES string of the molecule is c1ccc(-c2nc(-c3ccccc3)nc(-c3cccc4cc(-c5ccc6ccc7ccc8c9ccccc9sc8c7c6c5)ccc34)n2)cc1. The molecule has 2 heterocycles. The fraction of sp³-hybridized carbons (Fsp3) is 0. The minimum Gasteiger partial charge on any atom is -0.208 e. The largest absolute Gasteiger partial charge is 0.208 e. The minimum absolute atomic E-state index is 0.661. The van der Waals surface area contributed by atoms with Crippen LogP contribution in [0.4, 0.5) is 0 Å². The van der Waals surface area contributed by atoms with Crippen LogP contribution in [0.3, 0.4) is 0 Å². The zero-order valence-corrected chi connectivity index (χ0v) is 27.2. The minimum atomic E-state index is 0.661. The Kier molecular flexibility index (Phi) is 6.36. The summed E-state index contributed by atoms with van der Waals surface area (Å²) in [6.07, 6.45) is 0. The molecule has 0 bridgehead atoms. The van der Waals surface area contributed by atoms with Crippen molar-refractivity contribution in [2.24, 2.45) is 0 Å².